The number of benzene rings is 2. The van der Waals surface area contributed by atoms with Gasteiger partial charge in [-0.2, -0.15) is 8.78 Å². The topological polar surface area (TPSA) is 73.3 Å². The van der Waals surface area contributed by atoms with Gasteiger partial charge in [0.15, 0.2) is 17.5 Å². The lowest BCUT2D eigenvalue weighted by Gasteiger charge is -2.15. The van der Waals surface area contributed by atoms with Crippen LogP contribution in [-0.2, 0) is 24.4 Å². The van der Waals surface area contributed by atoms with Gasteiger partial charge >= 0.3 is 6.61 Å². The molecule has 1 aliphatic heterocycles. The van der Waals surface area contributed by atoms with Crippen LogP contribution in [0.1, 0.15) is 30.5 Å². The molecule has 0 aliphatic carbocycles. The molecule has 31 heavy (non-hydrogen) atoms. The molecule has 2 N–H and O–H groups in total. The first-order chi connectivity index (χ1) is 15.1. The average Bonchev–Trinajstić information content (AvgIpc) is 3.21. The molecule has 0 aromatic heterocycles. The fourth-order valence-corrected chi connectivity index (χ4v) is 3.06. The first-order valence-electron chi connectivity index (χ1n) is 10.1. The lowest BCUT2D eigenvalue weighted by Crippen LogP contribution is -2.37. The van der Waals surface area contributed by atoms with Crippen LogP contribution in [0.4, 0.5) is 8.78 Å². The molecule has 0 radical (unpaired) electrons. The molecule has 0 saturated carbocycles. The SMILES string of the molecule is CCNC(=NCc1cc2c(cc1OC(F)F)OCO2)NCc1ccccc1COCC. The summed E-state index contributed by atoms with van der Waals surface area (Å²) in [6.45, 7) is 3.49. The highest BCUT2D eigenvalue weighted by atomic mass is 19.3. The van der Waals surface area contributed by atoms with Crippen LogP contribution in [0.3, 0.4) is 0 Å². The lowest BCUT2D eigenvalue weighted by atomic mass is 10.1. The molecule has 0 saturated heterocycles. The normalized spacial score (nSPS) is 12.9. The highest BCUT2D eigenvalue weighted by molar-refractivity contribution is 5.79. The minimum absolute atomic E-state index is 0.0147. The zero-order valence-electron chi connectivity index (χ0n) is 17.6. The van der Waals surface area contributed by atoms with Gasteiger partial charge in [0.25, 0.3) is 0 Å². The molecule has 3 rings (SSSR count). The molecule has 0 amide bonds. The summed E-state index contributed by atoms with van der Waals surface area (Å²) < 4.78 is 46.5. The molecule has 1 heterocycles. The summed E-state index contributed by atoms with van der Waals surface area (Å²) in [4.78, 5) is 4.53. The quantitative estimate of drug-likeness (QED) is 0.437. The first-order valence-corrected chi connectivity index (χ1v) is 10.1. The fraction of sp³-hybridized carbons (Fsp3) is 0.409. The molecule has 2 aromatic carbocycles. The summed E-state index contributed by atoms with van der Waals surface area (Å²) in [6.07, 6.45) is 0. The van der Waals surface area contributed by atoms with E-state index in [9.17, 15) is 8.78 Å². The third-order valence-electron chi connectivity index (χ3n) is 4.55. The van der Waals surface area contributed by atoms with Crippen LogP contribution in [0, 0.1) is 0 Å². The van der Waals surface area contributed by atoms with Gasteiger partial charge in [0.05, 0.1) is 13.2 Å². The smallest absolute Gasteiger partial charge is 0.387 e. The lowest BCUT2D eigenvalue weighted by molar-refractivity contribution is -0.0505. The maximum atomic E-state index is 12.8. The van der Waals surface area contributed by atoms with Crippen LogP contribution < -0.4 is 24.8 Å². The van der Waals surface area contributed by atoms with Gasteiger partial charge in [-0.3, -0.25) is 0 Å². The Labute approximate surface area is 180 Å². The number of ether oxygens (including phenoxy) is 4. The van der Waals surface area contributed by atoms with Crippen molar-refractivity contribution >= 4 is 5.96 Å². The summed E-state index contributed by atoms with van der Waals surface area (Å²) in [5.74, 6) is 1.42. The number of alkyl halides is 2. The predicted molar refractivity (Wildman–Crippen MR) is 113 cm³/mol. The third-order valence-corrected chi connectivity index (χ3v) is 4.55. The molecule has 0 atom stereocenters. The second-order valence-electron chi connectivity index (χ2n) is 6.65. The third kappa shape index (κ3) is 6.45. The van der Waals surface area contributed by atoms with Gasteiger partial charge in [0, 0.05) is 31.3 Å². The Morgan fingerprint density at radius 1 is 1.06 bits per heavy atom. The molecule has 1 aliphatic rings. The molecule has 0 unspecified atom stereocenters. The highest BCUT2D eigenvalue weighted by Crippen LogP contribution is 2.39. The van der Waals surface area contributed by atoms with Gasteiger partial charge in [0.1, 0.15) is 5.75 Å². The number of fused-ring (bicyclic) bond motifs is 1. The Bertz CT molecular complexity index is 893. The zero-order valence-corrected chi connectivity index (χ0v) is 17.6. The van der Waals surface area contributed by atoms with Crippen molar-refractivity contribution in [1.29, 1.82) is 0 Å². The Kier molecular flexibility index (Phi) is 8.28. The van der Waals surface area contributed by atoms with Crippen molar-refractivity contribution in [1.82, 2.24) is 10.6 Å². The monoisotopic (exact) mass is 435 g/mol. The molecule has 9 heteroatoms. The standard InChI is InChI=1S/C22H27F2N3O4/c1-3-25-22(26-11-15-7-5-6-8-16(15)13-28-4-2)27-12-17-9-19-20(30-14-29-19)10-18(17)31-21(23)24/h5-10,21H,3-4,11-14H2,1-2H3,(H2,25,26,27). The number of nitrogens with zero attached hydrogens (tertiary/aromatic N) is 1. The van der Waals surface area contributed by atoms with Crippen molar-refractivity contribution in [2.75, 3.05) is 19.9 Å². The molecule has 0 bridgehead atoms. The zero-order chi connectivity index (χ0) is 22.1. The number of nitrogens with one attached hydrogen (secondary N) is 2. The molecular weight excluding hydrogens is 408 g/mol. The molecule has 7 nitrogen and oxygen atoms in total. The van der Waals surface area contributed by atoms with E-state index in [-0.39, 0.29) is 19.1 Å². The van der Waals surface area contributed by atoms with E-state index in [1.54, 1.807) is 6.07 Å². The van der Waals surface area contributed by atoms with Gasteiger partial charge < -0.3 is 29.6 Å². The Morgan fingerprint density at radius 3 is 2.52 bits per heavy atom. The van der Waals surface area contributed by atoms with Gasteiger partial charge in [-0.05, 0) is 31.0 Å². The molecular formula is C22H27F2N3O4. The number of aliphatic imine (C=N–C) groups is 1. The predicted octanol–water partition coefficient (Wildman–Crippen LogP) is 3.81. The van der Waals surface area contributed by atoms with Crippen LogP contribution in [0.2, 0.25) is 0 Å². The van der Waals surface area contributed by atoms with E-state index in [4.69, 9.17) is 14.2 Å². The summed E-state index contributed by atoms with van der Waals surface area (Å²) in [6, 6.07) is 11.0. The van der Waals surface area contributed by atoms with Crippen molar-refractivity contribution in [2.24, 2.45) is 4.99 Å². The van der Waals surface area contributed by atoms with Gasteiger partial charge in [-0.15, -0.1) is 0 Å². The maximum Gasteiger partial charge on any atom is 0.387 e. The van der Waals surface area contributed by atoms with Crippen LogP contribution in [0.15, 0.2) is 41.4 Å². The van der Waals surface area contributed by atoms with Crippen LogP contribution >= 0.6 is 0 Å². The number of hydrogen-bond acceptors (Lipinski definition) is 5. The van der Waals surface area contributed by atoms with E-state index in [1.165, 1.54) is 6.07 Å². The number of hydrogen-bond donors (Lipinski definition) is 2. The molecule has 0 fully saturated rings. The van der Waals surface area contributed by atoms with Crippen LogP contribution in [-0.4, -0.2) is 32.5 Å². The van der Waals surface area contributed by atoms with Crippen molar-refractivity contribution in [3.8, 4) is 17.2 Å². The van der Waals surface area contributed by atoms with E-state index in [2.05, 4.69) is 20.4 Å². The Balaban J connectivity index is 1.73. The minimum atomic E-state index is -2.95. The summed E-state index contributed by atoms with van der Waals surface area (Å²) in [5.41, 5.74) is 2.65. The fourth-order valence-electron chi connectivity index (χ4n) is 3.06. The van der Waals surface area contributed by atoms with Crippen LogP contribution in [0.5, 0.6) is 17.2 Å². The molecule has 0 spiro atoms. The van der Waals surface area contributed by atoms with E-state index in [1.807, 2.05) is 38.1 Å². The first kappa shape index (κ1) is 22.6. The van der Waals surface area contributed by atoms with E-state index < -0.39 is 6.61 Å². The highest BCUT2D eigenvalue weighted by Gasteiger charge is 2.20. The number of halogens is 2. The molecule has 168 valence electrons. The van der Waals surface area contributed by atoms with E-state index >= 15 is 0 Å². The second kappa shape index (κ2) is 11.4. The van der Waals surface area contributed by atoms with Gasteiger partial charge in [0.2, 0.25) is 6.79 Å². The number of guanidine groups is 1. The largest absolute Gasteiger partial charge is 0.454 e. The Hall–Kier alpha value is -3.07. The maximum absolute atomic E-state index is 12.8. The Morgan fingerprint density at radius 2 is 1.81 bits per heavy atom. The van der Waals surface area contributed by atoms with Crippen molar-refractivity contribution in [2.45, 2.75) is 40.2 Å². The van der Waals surface area contributed by atoms with Crippen molar-refractivity contribution < 1.29 is 27.7 Å². The van der Waals surface area contributed by atoms with Crippen molar-refractivity contribution in [3.63, 3.8) is 0 Å². The van der Waals surface area contributed by atoms with Crippen LogP contribution in [0.25, 0.3) is 0 Å². The second-order valence-corrected chi connectivity index (χ2v) is 6.65. The van der Waals surface area contributed by atoms with Crippen molar-refractivity contribution in [3.05, 3.63) is 53.1 Å². The number of rotatable bonds is 10. The van der Waals surface area contributed by atoms with Gasteiger partial charge in [-0.25, -0.2) is 4.99 Å². The summed E-state index contributed by atoms with van der Waals surface area (Å²) in [5, 5.41) is 6.44. The minimum Gasteiger partial charge on any atom is -0.454 e. The van der Waals surface area contributed by atoms with E-state index in [0.29, 0.717) is 49.3 Å². The van der Waals surface area contributed by atoms with E-state index in [0.717, 1.165) is 11.1 Å². The molecule has 2 aromatic rings. The summed E-state index contributed by atoms with van der Waals surface area (Å²) >= 11 is 0. The average molecular weight is 435 g/mol. The van der Waals surface area contributed by atoms with Gasteiger partial charge in [-0.1, -0.05) is 24.3 Å². The summed E-state index contributed by atoms with van der Waals surface area (Å²) in [7, 11) is 0.